The van der Waals surface area contributed by atoms with Crippen molar-refractivity contribution in [2.75, 3.05) is 13.7 Å². The SMILES string of the molecule is COc1ccccc1CNC(=O)CN(Cc1ccccc1)S(=O)(=O)c1cccc(C(F)(F)F)c1. The first-order valence-electron chi connectivity index (χ1n) is 10.2. The van der Waals surface area contributed by atoms with Gasteiger partial charge in [0.25, 0.3) is 0 Å². The van der Waals surface area contributed by atoms with Gasteiger partial charge in [0.05, 0.1) is 24.1 Å². The van der Waals surface area contributed by atoms with Crippen LogP contribution in [0.4, 0.5) is 13.2 Å². The first kappa shape index (κ1) is 25.3. The van der Waals surface area contributed by atoms with Crippen LogP contribution in [0.3, 0.4) is 0 Å². The first-order chi connectivity index (χ1) is 16.1. The van der Waals surface area contributed by atoms with E-state index in [0.717, 1.165) is 22.5 Å². The molecule has 1 amide bonds. The summed E-state index contributed by atoms with van der Waals surface area (Å²) in [5.41, 5.74) is 0.179. The fourth-order valence-electron chi connectivity index (χ4n) is 3.25. The van der Waals surface area contributed by atoms with Crippen molar-refractivity contribution in [3.63, 3.8) is 0 Å². The third kappa shape index (κ3) is 6.36. The van der Waals surface area contributed by atoms with Gasteiger partial charge in [-0.15, -0.1) is 0 Å². The van der Waals surface area contributed by atoms with Crippen molar-refractivity contribution in [1.29, 1.82) is 0 Å². The van der Waals surface area contributed by atoms with Crippen molar-refractivity contribution in [3.8, 4) is 5.75 Å². The molecule has 0 bridgehead atoms. The van der Waals surface area contributed by atoms with Crippen LogP contribution in [0.5, 0.6) is 5.75 Å². The molecule has 0 spiro atoms. The minimum absolute atomic E-state index is 0.0889. The predicted molar refractivity (Wildman–Crippen MR) is 120 cm³/mol. The Hall–Kier alpha value is -3.37. The number of benzene rings is 3. The van der Waals surface area contributed by atoms with Crippen LogP contribution in [0, 0.1) is 0 Å². The van der Waals surface area contributed by atoms with E-state index in [9.17, 15) is 26.4 Å². The fraction of sp³-hybridized carbons (Fsp3) is 0.208. The maximum absolute atomic E-state index is 13.3. The number of hydrogen-bond donors (Lipinski definition) is 1. The molecule has 0 heterocycles. The second-order valence-electron chi connectivity index (χ2n) is 7.37. The Morgan fingerprint density at radius 1 is 0.971 bits per heavy atom. The summed E-state index contributed by atoms with van der Waals surface area (Å²) in [5, 5.41) is 2.64. The maximum Gasteiger partial charge on any atom is 0.416 e. The lowest BCUT2D eigenvalue weighted by atomic mass is 10.2. The van der Waals surface area contributed by atoms with Crippen molar-refractivity contribution in [2.24, 2.45) is 0 Å². The summed E-state index contributed by atoms with van der Waals surface area (Å²) in [4.78, 5) is 12.1. The molecule has 0 saturated carbocycles. The number of carbonyl (C=O) groups excluding carboxylic acids is 1. The maximum atomic E-state index is 13.3. The number of nitrogens with one attached hydrogen (secondary N) is 1. The van der Waals surface area contributed by atoms with E-state index in [-0.39, 0.29) is 13.1 Å². The number of carbonyl (C=O) groups is 1. The number of methoxy groups -OCH3 is 1. The number of hydrogen-bond acceptors (Lipinski definition) is 4. The van der Waals surface area contributed by atoms with Gasteiger partial charge in [0, 0.05) is 18.7 Å². The molecular weight excluding hydrogens is 469 g/mol. The number of sulfonamides is 1. The fourth-order valence-corrected chi connectivity index (χ4v) is 4.68. The molecule has 0 aliphatic rings. The Balaban J connectivity index is 1.85. The molecule has 0 unspecified atom stereocenters. The summed E-state index contributed by atoms with van der Waals surface area (Å²) in [6.07, 6.45) is -4.71. The molecule has 0 aliphatic heterocycles. The van der Waals surface area contributed by atoms with E-state index in [2.05, 4.69) is 5.32 Å². The summed E-state index contributed by atoms with van der Waals surface area (Å²) in [7, 11) is -2.94. The van der Waals surface area contributed by atoms with Crippen molar-refractivity contribution in [3.05, 3.63) is 95.6 Å². The Kier molecular flexibility index (Phi) is 7.95. The molecule has 0 aromatic heterocycles. The quantitative estimate of drug-likeness (QED) is 0.485. The Morgan fingerprint density at radius 2 is 1.65 bits per heavy atom. The van der Waals surface area contributed by atoms with Crippen molar-refractivity contribution < 1.29 is 31.1 Å². The highest BCUT2D eigenvalue weighted by Crippen LogP contribution is 2.31. The van der Waals surface area contributed by atoms with Gasteiger partial charge in [0.2, 0.25) is 15.9 Å². The minimum Gasteiger partial charge on any atom is -0.496 e. The molecule has 180 valence electrons. The second-order valence-corrected chi connectivity index (χ2v) is 9.31. The van der Waals surface area contributed by atoms with E-state index < -0.39 is 39.1 Å². The summed E-state index contributed by atoms with van der Waals surface area (Å²) >= 11 is 0. The monoisotopic (exact) mass is 492 g/mol. The summed E-state index contributed by atoms with van der Waals surface area (Å²) in [5.74, 6) is -0.0575. The highest BCUT2D eigenvalue weighted by Gasteiger charge is 2.33. The number of nitrogens with zero attached hydrogens (tertiary/aromatic N) is 1. The standard InChI is InChI=1S/C24H23F3N2O4S/c1-33-22-13-6-5-10-19(22)15-28-23(30)17-29(16-18-8-3-2-4-9-18)34(31,32)21-12-7-11-20(14-21)24(25,26)27/h2-14H,15-17H2,1H3,(H,28,30). The summed E-state index contributed by atoms with van der Waals surface area (Å²) in [6, 6.07) is 19.0. The number of para-hydroxylation sites is 1. The van der Waals surface area contributed by atoms with E-state index in [1.54, 1.807) is 54.6 Å². The van der Waals surface area contributed by atoms with Gasteiger partial charge in [0.1, 0.15) is 5.75 Å². The van der Waals surface area contributed by atoms with Crippen LogP contribution in [0.2, 0.25) is 0 Å². The third-order valence-corrected chi connectivity index (χ3v) is 6.78. The lowest BCUT2D eigenvalue weighted by Gasteiger charge is -2.22. The number of amides is 1. The van der Waals surface area contributed by atoms with E-state index in [1.807, 2.05) is 0 Å². The van der Waals surface area contributed by atoms with Gasteiger partial charge >= 0.3 is 6.18 Å². The van der Waals surface area contributed by atoms with E-state index in [0.29, 0.717) is 22.9 Å². The van der Waals surface area contributed by atoms with Gasteiger partial charge in [-0.05, 0) is 29.8 Å². The molecule has 1 N–H and O–H groups in total. The van der Waals surface area contributed by atoms with Crippen LogP contribution in [-0.2, 0) is 34.1 Å². The van der Waals surface area contributed by atoms with Gasteiger partial charge in [-0.25, -0.2) is 8.42 Å². The molecule has 0 saturated heterocycles. The number of ether oxygens (including phenoxy) is 1. The lowest BCUT2D eigenvalue weighted by molar-refractivity contribution is -0.137. The van der Waals surface area contributed by atoms with Crippen molar-refractivity contribution in [2.45, 2.75) is 24.2 Å². The summed E-state index contributed by atoms with van der Waals surface area (Å²) < 4.78 is 72.1. The largest absolute Gasteiger partial charge is 0.496 e. The highest BCUT2D eigenvalue weighted by atomic mass is 32.2. The summed E-state index contributed by atoms with van der Waals surface area (Å²) in [6.45, 7) is -0.685. The normalized spacial score (nSPS) is 11.9. The Labute approximate surface area is 196 Å². The van der Waals surface area contributed by atoms with Gasteiger partial charge in [-0.1, -0.05) is 54.6 Å². The topological polar surface area (TPSA) is 75.7 Å². The van der Waals surface area contributed by atoms with Crippen LogP contribution in [0.15, 0.2) is 83.8 Å². The van der Waals surface area contributed by atoms with Crippen LogP contribution >= 0.6 is 0 Å². The molecule has 6 nitrogen and oxygen atoms in total. The zero-order valence-electron chi connectivity index (χ0n) is 18.2. The molecule has 34 heavy (non-hydrogen) atoms. The first-order valence-corrected chi connectivity index (χ1v) is 11.6. The van der Waals surface area contributed by atoms with E-state index in [1.165, 1.54) is 7.11 Å². The van der Waals surface area contributed by atoms with Gasteiger partial charge in [-0.2, -0.15) is 17.5 Å². The number of alkyl halides is 3. The Bertz CT molecular complexity index is 1230. The van der Waals surface area contributed by atoms with E-state index in [4.69, 9.17) is 4.74 Å². The van der Waals surface area contributed by atoms with Gasteiger partial charge < -0.3 is 10.1 Å². The van der Waals surface area contributed by atoms with Crippen LogP contribution < -0.4 is 10.1 Å². The lowest BCUT2D eigenvalue weighted by Crippen LogP contribution is -2.40. The van der Waals surface area contributed by atoms with Crippen LogP contribution in [-0.4, -0.2) is 32.3 Å². The Morgan fingerprint density at radius 3 is 2.32 bits per heavy atom. The predicted octanol–water partition coefficient (Wildman–Crippen LogP) is 4.22. The van der Waals surface area contributed by atoms with Crippen LogP contribution in [0.25, 0.3) is 0 Å². The second kappa shape index (κ2) is 10.7. The zero-order chi connectivity index (χ0) is 24.8. The molecular formula is C24H23F3N2O4S. The highest BCUT2D eigenvalue weighted by molar-refractivity contribution is 7.89. The molecule has 3 aromatic rings. The zero-order valence-corrected chi connectivity index (χ0v) is 19.1. The smallest absolute Gasteiger partial charge is 0.416 e. The molecule has 0 aliphatic carbocycles. The number of rotatable bonds is 9. The molecule has 10 heteroatoms. The van der Waals surface area contributed by atoms with E-state index >= 15 is 0 Å². The molecule has 0 radical (unpaired) electrons. The van der Waals surface area contributed by atoms with Gasteiger partial charge in [0.15, 0.2) is 0 Å². The van der Waals surface area contributed by atoms with Gasteiger partial charge in [-0.3, -0.25) is 4.79 Å². The molecule has 3 aromatic carbocycles. The minimum atomic E-state index is -4.71. The average Bonchev–Trinajstić information content (AvgIpc) is 2.82. The van der Waals surface area contributed by atoms with Crippen LogP contribution in [0.1, 0.15) is 16.7 Å². The van der Waals surface area contributed by atoms with Crippen molar-refractivity contribution >= 4 is 15.9 Å². The molecule has 3 rings (SSSR count). The molecule has 0 fully saturated rings. The average molecular weight is 493 g/mol. The molecule has 0 atom stereocenters. The van der Waals surface area contributed by atoms with Crippen molar-refractivity contribution in [1.82, 2.24) is 9.62 Å². The number of halogens is 3. The third-order valence-electron chi connectivity index (χ3n) is 4.99.